The number of hydrogen-bond donors (Lipinski definition) is 1. The van der Waals surface area contributed by atoms with Crippen LogP contribution in [0, 0.1) is 0 Å². The summed E-state index contributed by atoms with van der Waals surface area (Å²) in [6.45, 7) is 9.98. The van der Waals surface area contributed by atoms with Crippen LogP contribution in [0.15, 0.2) is 0 Å². The van der Waals surface area contributed by atoms with E-state index in [9.17, 15) is 9.67 Å². The maximum absolute atomic E-state index is 12.6. The molecule has 0 bridgehead atoms. The summed E-state index contributed by atoms with van der Waals surface area (Å²) in [5, 5.41) is 9.92. The van der Waals surface area contributed by atoms with E-state index < -0.39 is 28.4 Å². The van der Waals surface area contributed by atoms with Crippen molar-refractivity contribution in [2.75, 3.05) is 0 Å². The Morgan fingerprint density at radius 1 is 0.944 bits per heavy atom. The van der Waals surface area contributed by atoms with Gasteiger partial charge in [0.05, 0.1) is 11.2 Å². The Kier molecular flexibility index (Phi) is 6.08. The van der Waals surface area contributed by atoms with Gasteiger partial charge in [-0.1, -0.05) is 34.8 Å². The molecular weight excluding hydrogens is 321 g/mol. The lowest BCUT2D eigenvalue weighted by molar-refractivity contribution is 0.0279. The highest BCUT2D eigenvalue weighted by Crippen LogP contribution is 2.62. The first-order valence-electron chi connectivity index (χ1n) is 5.33. The molecule has 0 amide bonds. The van der Waals surface area contributed by atoms with Gasteiger partial charge in [-0.3, -0.25) is 4.57 Å². The minimum absolute atomic E-state index is 0.822. The molecule has 0 radical (unpaired) electrons. The molecule has 1 unspecified atom stereocenters. The molecule has 0 aliphatic carbocycles. The summed E-state index contributed by atoms with van der Waals surface area (Å²) in [6.07, 6.45) is 0. The van der Waals surface area contributed by atoms with Gasteiger partial charge in [0.1, 0.15) is 0 Å². The van der Waals surface area contributed by atoms with Crippen LogP contribution in [0.25, 0.3) is 0 Å². The third kappa shape index (κ3) is 6.95. The minimum atomic E-state index is -4.02. The predicted molar refractivity (Wildman–Crippen MR) is 75.6 cm³/mol. The molecular formula is C10H20Cl3O4P. The fourth-order valence-corrected chi connectivity index (χ4v) is 4.26. The quantitative estimate of drug-likeness (QED) is 0.606. The molecule has 1 N–H and O–H groups in total. The molecule has 0 rings (SSSR count). The van der Waals surface area contributed by atoms with E-state index in [0.29, 0.717) is 0 Å². The molecule has 0 aromatic rings. The van der Waals surface area contributed by atoms with Crippen molar-refractivity contribution in [3.63, 3.8) is 0 Å². The Morgan fingerprint density at radius 2 is 1.22 bits per heavy atom. The molecule has 1 atom stereocenters. The lowest BCUT2D eigenvalue weighted by Crippen LogP contribution is -2.34. The molecule has 0 saturated heterocycles. The van der Waals surface area contributed by atoms with Gasteiger partial charge in [0, 0.05) is 0 Å². The van der Waals surface area contributed by atoms with E-state index in [1.165, 1.54) is 0 Å². The summed E-state index contributed by atoms with van der Waals surface area (Å²) in [5.74, 6) is -1.87. The van der Waals surface area contributed by atoms with Crippen molar-refractivity contribution in [3.8, 4) is 0 Å². The van der Waals surface area contributed by atoms with Gasteiger partial charge >= 0.3 is 7.60 Å². The van der Waals surface area contributed by atoms with Crippen LogP contribution in [-0.4, -0.2) is 25.9 Å². The van der Waals surface area contributed by atoms with Crippen molar-refractivity contribution in [1.82, 2.24) is 0 Å². The molecule has 18 heavy (non-hydrogen) atoms. The molecule has 0 aliphatic rings. The van der Waals surface area contributed by atoms with Gasteiger partial charge < -0.3 is 14.2 Å². The monoisotopic (exact) mass is 340 g/mol. The van der Waals surface area contributed by atoms with Gasteiger partial charge in [0.2, 0.25) is 9.64 Å². The second-order valence-electron chi connectivity index (χ2n) is 5.86. The highest BCUT2D eigenvalue weighted by atomic mass is 35.6. The lowest BCUT2D eigenvalue weighted by Gasteiger charge is -2.36. The maximum Gasteiger partial charge on any atom is 0.364 e. The topological polar surface area (TPSA) is 55.8 Å². The van der Waals surface area contributed by atoms with E-state index >= 15 is 0 Å². The third-order valence-electron chi connectivity index (χ3n) is 1.39. The highest BCUT2D eigenvalue weighted by molar-refractivity contribution is 7.55. The Labute approximate surface area is 123 Å². The van der Waals surface area contributed by atoms with Crippen LogP contribution in [0.4, 0.5) is 0 Å². The number of halogens is 3. The van der Waals surface area contributed by atoms with Crippen LogP contribution in [0.2, 0.25) is 0 Å². The Bertz CT molecular complexity index is 307. The second-order valence-corrected chi connectivity index (χ2v) is 10.2. The third-order valence-corrected chi connectivity index (χ3v) is 5.06. The number of rotatable bonds is 3. The molecule has 0 heterocycles. The summed E-state index contributed by atoms with van der Waals surface area (Å²) in [4.78, 5) is 0. The van der Waals surface area contributed by atoms with E-state index in [-0.39, 0.29) is 0 Å². The largest absolute Gasteiger partial charge is 0.377 e. The average molecular weight is 342 g/mol. The van der Waals surface area contributed by atoms with Crippen LogP contribution in [0.3, 0.4) is 0 Å². The molecule has 0 spiro atoms. The van der Waals surface area contributed by atoms with E-state index in [1.807, 2.05) is 0 Å². The van der Waals surface area contributed by atoms with Crippen LogP contribution < -0.4 is 0 Å². The maximum atomic E-state index is 12.6. The van der Waals surface area contributed by atoms with E-state index in [1.54, 1.807) is 41.5 Å². The standard InChI is InChI=1S/C10H20Cl3O4P/c1-8(2,3)16-18(15,17-9(4,5)6)7(14)10(11,12)13/h7,14H,1-6H3. The number of aliphatic hydroxyl groups excluding tert-OH is 1. The molecule has 0 aromatic heterocycles. The van der Waals surface area contributed by atoms with Gasteiger partial charge in [-0.05, 0) is 41.5 Å². The van der Waals surface area contributed by atoms with Gasteiger partial charge in [-0.2, -0.15) is 0 Å². The highest BCUT2D eigenvalue weighted by Gasteiger charge is 2.51. The summed E-state index contributed by atoms with van der Waals surface area (Å²) in [7, 11) is -4.02. The Morgan fingerprint density at radius 3 is 1.39 bits per heavy atom. The zero-order valence-electron chi connectivity index (χ0n) is 11.3. The van der Waals surface area contributed by atoms with Crippen molar-refractivity contribution in [3.05, 3.63) is 0 Å². The molecule has 8 heteroatoms. The van der Waals surface area contributed by atoms with Crippen molar-refractivity contribution < 1.29 is 18.7 Å². The lowest BCUT2D eigenvalue weighted by atomic mass is 10.2. The van der Waals surface area contributed by atoms with E-state index in [2.05, 4.69) is 0 Å². The van der Waals surface area contributed by atoms with E-state index in [0.717, 1.165) is 0 Å². The number of aliphatic hydroxyl groups is 1. The Hall–Kier alpha value is 0.980. The van der Waals surface area contributed by atoms with Crippen molar-refractivity contribution in [2.24, 2.45) is 0 Å². The summed E-state index contributed by atoms with van der Waals surface area (Å²) in [5.41, 5.74) is -1.64. The van der Waals surface area contributed by atoms with Crippen LogP contribution in [-0.2, 0) is 13.6 Å². The molecule has 0 aromatic carbocycles. The first kappa shape index (κ1) is 19.0. The summed E-state index contributed by atoms with van der Waals surface area (Å²) < 4.78 is 21.1. The Balaban J connectivity index is 5.37. The second kappa shape index (κ2) is 5.77. The molecule has 4 nitrogen and oxygen atoms in total. The number of hydrogen-bond acceptors (Lipinski definition) is 4. The molecule has 0 fully saturated rings. The molecule has 0 aliphatic heterocycles. The van der Waals surface area contributed by atoms with Crippen LogP contribution in [0.1, 0.15) is 41.5 Å². The first-order chi connectivity index (χ1) is 7.57. The SMILES string of the molecule is CC(C)(C)OP(=O)(OC(C)(C)C)C(O)C(Cl)(Cl)Cl. The van der Waals surface area contributed by atoms with Crippen LogP contribution in [0.5, 0.6) is 0 Å². The predicted octanol–water partition coefficient (Wildman–Crippen LogP) is 4.50. The van der Waals surface area contributed by atoms with Crippen molar-refractivity contribution in [1.29, 1.82) is 0 Å². The average Bonchev–Trinajstić information content (AvgIpc) is 1.92. The van der Waals surface area contributed by atoms with Gasteiger partial charge in [0.15, 0.2) is 0 Å². The van der Waals surface area contributed by atoms with Crippen molar-refractivity contribution >= 4 is 42.4 Å². The van der Waals surface area contributed by atoms with E-state index in [4.69, 9.17) is 43.9 Å². The minimum Gasteiger partial charge on any atom is -0.377 e. The first-order valence-corrected chi connectivity index (χ1v) is 8.07. The fourth-order valence-electron chi connectivity index (χ4n) is 1.06. The fraction of sp³-hybridized carbons (Fsp3) is 1.00. The smallest absolute Gasteiger partial charge is 0.364 e. The van der Waals surface area contributed by atoms with Crippen molar-refractivity contribution in [2.45, 2.75) is 62.4 Å². The normalized spacial score (nSPS) is 16.8. The van der Waals surface area contributed by atoms with Gasteiger partial charge in [-0.15, -0.1) is 0 Å². The summed E-state index contributed by atoms with van der Waals surface area (Å²) in [6, 6.07) is 0. The van der Waals surface area contributed by atoms with Gasteiger partial charge in [0.25, 0.3) is 0 Å². The van der Waals surface area contributed by atoms with Crippen LogP contribution >= 0.6 is 42.4 Å². The zero-order chi connectivity index (χ0) is 15.0. The summed E-state index contributed by atoms with van der Waals surface area (Å²) >= 11 is 16.7. The molecule has 0 saturated carbocycles. The molecule has 110 valence electrons. The zero-order valence-corrected chi connectivity index (χ0v) is 14.5. The van der Waals surface area contributed by atoms with Gasteiger partial charge in [-0.25, -0.2) is 0 Å². The number of alkyl halides is 3.